The Morgan fingerprint density at radius 3 is 2.56 bits per heavy atom. The van der Waals surface area contributed by atoms with E-state index in [1.807, 2.05) is 12.1 Å². The molecule has 3 heterocycles. The molecule has 6 nitrogen and oxygen atoms in total. The Bertz CT molecular complexity index is 1060. The monoisotopic (exact) mass is 412 g/mol. The quantitative estimate of drug-likeness (QED) is 0.537. The van der Waals surface area contributed by atoms with Gasteiger partial charge in [-0.15, -0.1) is 5.10 Å². The van der Waals surface area contributed by atoms with E-state index in [0.29, 0.717) is 15.1 Å². The highest BCUT2D eigenvalue weighted by molar-refractivity contribution is 7.20. The van der Waals surface area contributed by atoms with Gasteiger partial charge in [0.05, 0.1) is 11.9 Å². The highest BCUT2D eigenvalue weighted by atomic mass is 35.5. The van der Waals surface area contributed by atoms with E-state index in [9.17, 15) is 13.2 Å². The zero-order chi connectivity index (χ0) is 19.2. The predicted molar refractivity (Wildman–Crippen MR) is 96.8 cm³/mol. The minimum Gasteiger partial charge on any atom is -0.356 e. The summed E-state index contributed by atoms with van der Waals surface area (Å²) in [6, 6.07) is 7.26. The van der Waals surface area contributed by atoms with E-state index in [1.54, 1.807) is 22.8 Å². The number of benzene rings is 1. The number of aryl methyl sites for hydroxylation is 1. The van der Waals surface area contributed by atoms with Crippen molar-refractivity contribution in [1.29, 1.82) is 0 Å². The third kappa shape index (κ3) is 3.62. The smallest absolute Gasteiger partial charge is 0.356 e. The van der Waals surface area contributed by atoms with E-state index in [0.717, 1.165) is 15.9 Å². The molecule has 0 spiro atoms. The zero-order valence-corrected chi connectivity index (χ0v) is 15.4. The summed E-state index contributed by atoms with van der Waals surface area (Å²) < 4.78 is 41.7. The molecule has 0 aliphatic rings. The Hall–Kier alpha value is -2.59. The average Bonchev–Trinajstić information content (AvgIpc) is 3.25. The van der Waals surface area contributed by atoms with Gasteiger partial charge < -0.3 is 5.32 Å². The number of halogens is 4. The van der Waals surface area contributed by atoms with Gasteiger partial charge in [-0.25, -0.2) is 9.50 Å². The summed E-state index contributed by atoms with van der Waals surface area (Å²) in [4.78, 5) is 5.12. The molecule has 0 aliphatic carbocycles. The lowest BCUT2D eigenvalue weighted by atomic mass is 10.2. The van der Waals surface area contributed by atoms with Crippen molar-refractivity contribution in [3.05, 3.63) is 52.9 Å². The Labute approximate surface area is 160 Å². The van der Waals surface area contributed by atoms with Crippen molar-refractivity contribution in [2.75, 3.05) is 5.32 Å². The lowest BCUT2D eigenvalue weighted by Crippen LogP contribution is -2.11. The van der Waals surface area contributed by atoms with Crippen LogP contribution in [-0.4, -0.2) is 24.4 Å². The Morgan fingerprint density at radius 1 is 1.15 bits per heavy atom. The summed E-state index contributed by atoms with van der Waals surface area (Å²) in [6.07, 6.45) is -1.40. The molecule has 0 amide bonds. The van der Waals surface area contributed by atoms with Gasteiger partial charge in [0.2, 0.25) is 10.1 Å². The Kier molecular flexibility index (Phi) is 4.31. The van der Waals surface area contributed by atoms with Gasteiger partial charge in [0.1, 0.15) is 0 Å². The van der Waals surface area contributed by atoms with E-state index >= 15 is 0 Å². The molecule has 0 saturated heterocycles. The van der Waals surface area contributed by atoms with Crippen LogP contribution in [0.15, 0.2) is 36.7 Å². The fraction of sp³-hybridized carbons (Fsp3) is 0.188. The summed E-state index contributed by atoms with van der Waals surface area (Å²) in [5.41, 5.74) is 0.795. The first-order chi connectivity index (χ1) is 12.8. The molecule has 0 aliphatic heterocycles. The van der Waals surface area contributed by atoms with E-state index in [-0.39, 0.29) is 12.1 Å². The van der Waals surface area contributed by atoms with Crippen molar-refractivity contribution in [2.24, 2.45) is 7.05 Å². The first-order valence-electron chi connectivity index (χ1n) is 7.75. The summed E-state index contributed by atoms with van der Waals surface area (Å²) in [5, 5.41) is 11.8. The standard InChI is InChI=1S/C16H12ClF3N6S/c1-25-7-10(13(23-25)16(18,19)20)6-21-14-24-26-8-12(22-15(26)27-14)9-2-4-11(17)5-3-9/h2-5,7-8H,6H2,1H3,(H,21,24). The lowest BCUT2D eigenvalue weighted by Gasteiger charge is -2.06. The second-order valence-electron chi connectivity index (χ2n) is 5.80. The zero-order valence-electron chi connectivity index (χ0n) is 13.8. The number of nitrogens with one attached hydrogen (secondary N) is 1. The summed E-state index contributed by atoms with van der Waals surface area (Å²) in [7, 11) is 1.45. The van der Waals surface area contributed by atoms with E-state index < -0.39 is 11.9 Å². The van der Waals surface area contributed by atoms with Crippen molar-refractivity contribution >= 4 is 33.0 Å². The highest BCUT2D eigenvalue weighted by Gasteiger charge is 2.36. The molecule has 0 bridgehead atoms. The van der Waals surface area contributed by atoms with Crippen molar-refractivity contribution in [2.45, 2.75) is 12.7 Å². The molecule has 0 atom stereocenters. The first-order valence-corrected chi connectivity index (χ1v) is 8.95. The van der Waals surface area contributed by atoms with Crippen LogP contribution in [0.4, 0.5) is 18.3 Å². The summed E-state index contributed by atoms with van der Waals surface area (Å²) in [5.74, 6) is 0. The number of alkyl halides is 3. The molecular formula is C16H12ClF3N6S. The van der Waals surface area contributed by atoms with Crippen LogP contribution in [0.2, 0.25) is 5.02 Å². The van der Waals surface area contributed by atoms with Crippen molar-refractivity contribution < 1.29 is 13.2 Å². The second-order valence-corrected chi connectivity index (χ2v) is 7.19. The molecule has 140 valence electrons. The van der Waals surface area contributed by atoms with E-state index in [4.69, 9.17) is 11.6 Å². The fourth-order valence-electron chi connectivity index (χ4n) is 2.61. The summed E-state index contributed by atoms with van der Waals surface area (Å²) in [6.45, 7) is -0.0383. The molecule has 0 fully saturated rings. The third-order valence-corrected chi connectivity index (χ3v) is 4.92. The van der Waals surface area contributed by atoms with Gasteiger partial charge in [-0.1, -0.05) is 35.1 Å². The van der Waals surface area contributed by atoms with Crippen LogP contribution in [0.25, 0.3) is 16.2 Å². The van der Waals surface area contributed by atoms with Crippen LogP contribution in [0.1, 0.15) is 11.3 Å². The maximum atomic E-state index is 13.0. The number of anilines is 1. The van der Waals surface area contributed by atoms with Crippen molar-refractivity contribution in [3.8, 4) is 11.3 Å². The number of fused-ring (bicyclic) bond motifs is 1. The van der Waals surface area contributed by atoms with Crippen LogP contribution in [0.3, 0.4) is 0 Å². The average molecular weight is 413 g/mol. The summed E-state index contributed by atoms with van der Waals surface area (Å²) >= 11 is 7.13. The number of hydrogen-bond acceptors (Lipinski definition) is 5. The van der Waals surface area contributed by atoms with Crippen molar-refractivity contribution in [3.63, 3.8) is 0 Å². The van der Waals surface area contributed by atoms with Gasteiger partial charge in [0, 0.05) is 35.9 Å². The normalized spacial score (nSPS) is 12.0. The molecule has 4 rings (SSSR count). The molecule has 11 heteroatoms. The second kappa shape index (κ2) is 6.54. The molecule has 3 aromatic heterocycles. The first kappa shape index (κ1) is 17.8. The largest absolute Gasteiger partial charge is 0.435 e. The Balaban J connectivity index is 1.53. The maximum absolute atomic E-state index is 13.0. The SMILES string of the molecule is Cn1cc(CNc2nn3cc(-c4ccc(Cl)cc4)nc3s2)c(C(F)(F)F)n1. The topological polar surface area (TPSA) is 60.0 Å². The van der Waals surface area contributed by atoms with Crippen LogP contribution in [-0.2, 0) is 19.8 Å². The highest BCUT2D eigenvalue weighted by Crippen LogP contribution is 2.31. The molecule has 4 aromatic rings. The van der Waals surface area contributed by atoms with Crippen LogP contribution in [0, 0.1) is 0 Å². The van der Waals surface area contributed by atoms with Gasteiger partial charge >= 0.3 is 6.18 Å². The maximum Gasteiger partial charge on any atom is 0.435 e. The van der Waals surface area contributed by atoms with Gasteiger partial charge in [-0.05, 0) is 12.1 Å². The fourth-order valence-corrected chi connectivity index (χ4v) is 3.51. The number of aromatic nitrogens is 5. The van der Waals surface area contributed by atoms with E-state index in [1.165, 1.54) is 24.6 Å². The third-order valence-electron chi connectivity index (χ3n) is 3.79. The van der Waals surface area contributed by atoms with Crippen LogP contribution in [0.5, 0.6) is 0 Å². The Morgan fingerprint density at radius 2 is 1.89 bits per heavy atom. The van der Waals surface area contributed by atoms with Gasteiger partial charge in [0.15, 0.2) is 5.69 Å². The molecule has 1 aromatic carbocycles. The van der Waals surface area contributed by atoms with Crippen LogP contribution < -0.4 is 5.32 Å². The minimum atomic E-state index is -4.50. The molecule has 1 N–H and O–H groups in total. The molecule has 0 radical (unpaired) electrons. The van der Waals surface area contributed by atoms with Gasteiger partial charge in [-0.3, -0.25) is 4.68 Å². The molecule has 0 saturated carbocycles. The number of nitrogens with zero attached hydrogens (tertiary/aromatic N) is 5. The minimum absolute atomic E-state index is 0.0383. The molecule has 27 heavy (non-hydrogen) atoms. The lowest BCUT2D eigenvalue weighted by molar-refractivity contribution is -0.142. The van der Waals surface area contributed by atoms with E-state index in [2.05, 4.69) is 20.5 Å². The number of rotatable bonds is 4. The molecular weight excluding hydrogens is 401 g/mol. The van der Waals surface area contributed by atoms with Crippen LogP contribution >= 0.6 is 22.9 Å². The number of hydrogen-bond donors (Lipinski definition) is 1. The number of imidazole rings is 1. The van der Waals surface area contributed by atoms with Gasteiger partial charge in [0.25, 0.3) is 0 Å². The van der Waals surface area contributed by atoms with Crippen molar-refractivity contribution in [1.82, 2.24) is 24.4 Å². The van der Waals surface area contributed by atoms with Gasteiger partial charge in [-0.2, -0.15) is 18.3 Å². The molecule has 0 unspecified atom stereocenters. The predicted octanol–water partition coefficient (Wildman–Crippen LogP) is 4.48.